The van der Waals surface area contributed by atoms with Crippen LogP contribution < -0.4 is 10.6 Å². The number of carbonyl (C=O) groups excluding carboxylic acids is 1. The first-order valence-electron chi connectivity index (χ1n) is 10.4. The number of phenols is 1. The lowest BCUT2D eigenvalue weighted by atomic mass is 10.1. The van der Waals surface area contributed by atoms with Crippen molar-refractivity contribution in [3.63, 3.8) is 0 Å². The Morgan fingerprint density at radius 2 is 1.87 bits per heavy atom. The Kier molecular flexibility index (Phi) is 6.04. The van der Waals surface area contributed by atoms with Crippen LogP contribution in [0.25, 0.3) is 10.4 Å². The number of hydrogen-bond donors (Lipinski definition) is 3. The summed E-state index contributed by atoms with van der Waals surface area (Å²) < 4.78 is 0. The van der Waals surface area contributed by atoms with E-state index in [4.69, 9.17) is 0 Å². The number of hydrogen-bond acceptors (Lipinski definition) is 5. The molecular weight excluding hydrogens is 394 g/mol. The van der Waals surface area contributed by atoms with Crippen molar-refractivity contribution >= 4 is 28.1 Å². The molecule has 4 rings (SSSR count). The number of aryl methyl sites for hydroxylation is 2. The number of amides is 1. The Hall–Kier alpha value is -2.86. The first kappa shape index (κ1) is 20.4. The van der Waals surface area contributed by atoms with Crippen LogP contribution in [-0.4, -0.2) is 16.0 Å². The average Bonchev–Trinajstić information content (AvgIpc) is 3.39. The van der Waals surface area contributed by atoms with Gasteiger partial charge in [0.2, 0.25) is 5.91 Å². The molecule has 5 nitrogen and oxygen atoms in total. The molecule has 0 aliphatic heterocycles. The molecule has 1 amide bonds. The molecule has 0 atom stereocenters. The number of nitrogens with one attached hydrogen (secondary N) is 2. The minimum Gasteiger partial charge on any atom is -0.508 e. The second-order valence-electron chi connectivity index (χ2n) is 7.95. The van der Waals surface area contributed by atoms with Gasteiger partial charge in [-0.2, -0.15) is 0 Å². The van der Waals surface area contributed by atoms with Crippen molar-refractivity contribution in [2.24, 2.45) is 5.92 Å². The van der Waals surface area contributed by atoms with Gasteiger partial charge in [-0.25, -0.2) is 4.98 Å². The predicted octanol–water partition coefficient (Wildman–Crippen LogP) is 5.87. The van der Waals surface area contributed by atoms with Gasteiger partial charge >= 0.3 is 0 Å². The molecule has 3 aromatic rings. The molecule has 1 aliphatic rings. The number of benzene rings is 2. The fourth-order valence-corrected chi connectivity index (χ4v) is 4.84. The normalized spacial score (nSPS) is 14.1. The van der Waals surface area contributed by atoms with Crippen molar-refractivity contribution in [3.8, 4) is 16.2 Å². The summed E-state index contributed by atoms with van der Waals surface area (Å²) in [5.74, 6) is 0.508. The topological polar surface area (TPSA) is 74.2 Å². The number of anilines is 2. The summed E-state index contributed by atoms with van der Waals surface area (Å²) in [6.45, 7) is 4.74. The molecule has 6 heteroatoms. The zero-order valence-corrected chi connectivity index (χ0v) is 18.2. The van der Waals surface area contributed by atoms with E-state index in [9.17, 15) is 9.90 Å². The number of thiazole rings is 1. The maximum Gasteiger partial charge on any atom is 0.229 e. The SMILES string of the molecule is Cc1ccc(-c2sc(NC(=O)C3CCCC3)nc2C)cc1NCc1ccc(O)cc1. The van der Waals surface area contributed by atoms with E-state index in [2.05, 4.69) is 40.7 Å². The quantitative estimate of drug-likeness (QED) is 0.465. The molecule has 0 unspecified atom stereocenters. The highest BCUT2D eigenvalue weighted by Crippen LogP contribution is 2.35. The van der Waals surface area contributed by atoms with Gasteiger partial charge in [-0.15, -0.1) is 0 Å². The van der Waals surface area contributed by atoms with Crippen molar-refractivity contribution in [1.29, 1.82) is 0 Å². The minimum absolute atomic E-state index is 0.105. The van der Waals surface area contributed by atoms with Crippen LogP contribution in [0, 0.1) is 19.8 Å². The van der Waals surface area contributed by atoms with Crippen molar-refractivity contribution in [2.45, 2.75) is 46.1 Å². The summed E-state index contributed by atoms with van der Waals surface area (Å²) in [7, 11) is 0. The van der Waals surface area contributed by atoms with Crippen LogP contribution >= 0.6 is 11.3 Å². The van der Waals surface area contributed by atoms with E-state index in [1.165, 1.54) is 11.3 Å². The number of rotatable bonds is 6. The Bertz CT molecular complexity index is 1040. The highest BCUT2D eigenvalue weighted by atomic mass is 32.1. The number of nitrogens with zero attached hydrogens (tertiary/aromatic N) is 1. The van der Waals surface area contributed by atoms with Gasteiger partial charge in [-0.1, -0.05) is 48.4 Å². The monoisotopic (exact) mass is 421 g/mol. The Labute approximate surface area is 181 Å². The van der Waals surface area contributed by atoms with Gasteiger partial charge in [0, 0.05) is 18.2 Å². The lowest BCUT2D eigenvalue weighted by molar-refractivity contribution is -0.119. The van der Waals surface area contributed by atoms with E-state index in [1.807, 2.05) is 19.1 Å². The summed E-state index contributed by atoms with van der Waals surface area (Å²) in [5.41, 5.74) is 5.34. The third-order valence-corrected chi connectivity index (χ3v) is 6.79. The average molecular weight is 422 g/mol. The highest BCUT2D eigenvalue weighted by Gasteiger charge is 2.24. The Morgan fingerprint density at radius 1 is 1.13 bits per heavy atom. The smallest absolute Gasteiger partial charge is 0.229 e. The van der Waals surface area contributed by atoms with Crippen molar-refractivity contribution < 1.29 is 9.90 Å². The van der Waals surface area contributed by atoms with Crippen molar-refractivity contribution in [3.05, 3.63) is 59.3 Å². The lowest BCUT2D eigenvalue weighted by Crippen LogP contribution is -2.20. The van der Waals surface area contributed by atoms with E-state index in [0.29, 0.717) is 11.7 Å². The summed E-state index contributed by atoms with van der Waals surface area (Å²) in [5, 5.41) is 16.6. The molecule has 1 fully saturated rings. The predicted molar refractivity (Wildman–Crippen MR) is 123 cm³/mol. The number of aromatic nitrogens is 1. The second kappa shape index (κ2) is 8.88. The van der Waals surface area contributed by atoms with Gasteiger partial charge in [-0.3, -0.25) is 4.79 Å². The molecule has 3 N–H and O–H groups in total. The maximum atomic E-state index is 12.4. The van der Waals surface area contributed by atoms with Crippen LogP contribution in [0.3, 0.4) is 0 Å². The van der Waals surface area contributed by atoms with Gasteiger partial charge in [0.15, 0.2) is 5.13 Å². The molecule has 0 spiro atoms. The first-order chi connectivity index (χ1) is 14.5. The molecule has 0 bridgehead atoms. The van der Waals surface area contributed by atoms with E-state index in [1.54, 1.807) is 12.1 Å². The fourth-order valence-electron chi connectivity index (χ4n) is 3.88. The van der Waals surface area contributed by atoms with E-state index in [0.717, 1.165) is 58.6 Å². The van der Waals surface area contributed by atoms with Gasteiger partial charge in [0.25, 0.3) is 0 Å². The number of carbonyl (C=O) groups is 1. The maximum absolute atomic E-state index is 12.4. The Morgan fingerprint density at radius 3 is 2.60 bits per heavy atom. The zero-order chi connectivity index (χ0) is 21.1. The fraction of sp³-hybridized carbons (Fsp3) is 0.333. The van der Waals surface area contributed by atoms with Crippen LogP contribution in [-0.2, 0) is 11.3 Å². The third-order valence-electron chi connectivity index (χ3n) is 5.67. The lowest BCUT2D eigenvalue weighted by Gasteiger charge is -2.12. The molecule has 30 heavy (non-hydrogen) atoms. The zero-order valence-electron chi connectivity index (χ0n) is 17.4. The Balaban J connectivity index is 1.49. The summed E-state index contributed by atoms with van der Waals surface area (Å²) in [6.07, 6.45) is 4.25. The summed E-state index contributed by atoms with van der Waals surface area (Å²) >= 11 is 1.53. The minimum atomic E-state index is 0.105. The summed E-state index contributed by atoms with van der Waals surface area (Å²) in [6, 6.07) is 13.6. The molecule has 156 valence electrons. The van der Waals surface area contributed by atoms with Crippen LogP contribution in [0.15, 0.2) is 42.5 Å². The van der Waals surface area contributed by atoms with E-state index >= 15 is 0 Å². The molecule has 1 saturated carbocycles. The molecule has 1 aliphatic carbocycles. The van der Waals surface area contributed by atoms with Crippen LogP contribution in [0.2, 0.25) is 0 Å². The summed E-state index contributed by atoms with van der Waals surface area (Å²) in [4.78, 5) is 18.1. The molecule has 1 aromatic heterocycles. The van der Waals surface area contributed by atoms with E-state index < -0.39 is 0 Å². The van der Waals surface area contributed by atoms with Crippen LogP contribution in [0.1, 0.15) is 42.5 Å². The van der Waals surface area contributed by atoms with Crippen molar-refractivity contribution in [2.75, 3.05) is 10.6 Å². The largest absolute Gasteiger partial charge is 0.508 e. The molecule has 0 radical (unpaired) electrons. The van der Waals surface area contributed by atoms with Crippen LogP contribution in [0.4, 0.5) is 10.8 Å². The molecule has 2 aromatic carbocycles. The number of phenolic OH excluding ortho intramolecular Hbond substituents is 1. The molecule has 1 heterocycles. The van der Waals surface area contributed by atoms with Crippen molar-refractivity contribution in [1.82, 2.24) is 4.98 Å². The van der Waals surface area contributed by atoms with Gasteiger partial charge in [0.05, 0.1) is 10.6 Å². The first-order valence-corrected chi connectivity index (χ1v) is 11.2. The second-order valence-corrected chi connectivity index (χ2v) is 8.95. The van der Waals surface area contributed by atoms with Gasteiger partial charge in [0.1, 0.15) is 5.75 Å². The van der Waals surface area contributed by atoms with E-state index in [-0.39, 0.29) is 17.6 Å². The third kappa shape index (κ3) is 4.65. The van der Waals surface area contributed by atoms with Gasteiger partial charge in [-0.05, 0) is 61.6 Å². The number of aromatic hydroxyl groups is 1. The van der Waals surface area contributed by atoms with Gasteiger partial charge < -0.3 is 15.7 Å². The molecule has 0 saturated heterocycles. The highest BCUT2D eigenvalue weighted by molar-refractivity contribution is 7.19. The molecular formula is C24H27N3O2S. The standard InChI is InChI=1S/C24H27N3O2S/c1-15-7-10-19(13-21(15)25-14-17-8-11-20(28)12-9-17)22-16(2)26-24(30-22)27-23(29)18-5-3-4-6-18/h7-13,18,25,28H,3-6,14H2,1-2H3,(H,26,27,29). The van der Waals surface area contributed by atoms with Crippen LogP contribution in [0.5, 0.6) is 5.75 Å².